The molecule has 4 nitrogen and oxygen atoms in total. The molecule has 34 heavy (non-hydrogen) atoms. The first kappa shape index (κ1) is 22.5. The molecule has 5 aliphatic rings. The van der Waals surface area contributed by atoms with E-state index in [0.29, 0.717) is 43.5 Å². The van der Waals surface area contributed by atoms with Crippen molar-refractivity contribution in [3.05, 3.63) is 59.2 Å². The van der Waals surface area contributed by atoms with Gasteiger partial charge in [0.2, 0.25) is 0 Å². The van der Waals surface area contributed by atoms with E-state index in [9.17, 15) is 9.90 Å². The molecule has 0 radical (unpaired) electrons. The Morgan fingerprint density at radius 1 is 1.06 bits per heavy atom. The van der Waals surface area contributed by atoms with Gasteiger partial charge in [-0.1, -0.05) is 50.3 Å². The molecule has 0 spiro atoms. The molecule has 1 aliphatic heterocycles. The Bertz CT molecular complexity index is 1030. The second-order valence-corrected chi connectivity index (χ2v) is 12.1. The first-order chi connectivity index (χ1) is 16.3. The van der Waals surface area contributed by atoms with Crippen molar-refractivity contribution >= 4 is 5.97 Å². The molecule has 7 atom stereocenters. The van der Waals surface area contributed by atoms with Gasteiger partial charge in [0.15, 0.2) is 0 Å². The molecule has 0 aromatic heterocycles. The van der Waals surface area contributed by atoms with E-state index in [4.69, 9.17) is 9.47 Å². The largest absolute Gasteiger partial charge is 0.458 e. The van der Waals surface area contributed by atoms with Crippen LogP contribution >= 0.6 is 0 Å². The van der Waals surface area contributed by atoms with E-state index >= 15 is 0 Å². The second-order valence-electron chi connectivity index (χ2n) is 12.1. The summed E-state index contributed by atoms with van der Waals surface area (Å²) in [6, 6.07) is 10.5. The van der Waals surface area contributed by atoms with E-state index in [-0.39, 0.29) is 16.8 Å². The number of hydrogen-bond acceptors (Lipinski definition) is 4. The van der Waals surface area contributed by atoms with Gasteiger partial charge in [-0.25, -0.2) is 4.79 Å². The predicted molar refractivity (Wildman–Crippen MR) is 131 cm³/mol. The Morgan fingerprint density at radius 2 is 1.88 bits per heavy atom. The third kappa shape index (κ3) is 3.28. The molecular formula is C30H38O4. The summed E-state index contributed by atoms with van der Waals surface area (Å²) in [6.07, 6.45) is 12.8. The number of carbonyl (C=O) groups excluding carboxylic acids is 1. The summed E-state index contributed by atoms with van der Waals surface area (Å²) >= 11 is 0. The lowest BCUT2D eigenvalue weighted by atomic mass is 9.43. The summed E-state index contributed by atoms with van der Waals surface area (Å²) in [4.78, 5) is 11.7. The molecule has 1 aromatic carbocycles. The molecule has 4 heteroatoms. The van der Waals surface area contributed by atoms with Crippen molar-refractivity contribution in [3.8, 4) is 0 Å². The molecule has 1 N–H and O–H groups in total. The molecule has 0 amide bonds. The van der Waals surface area contributed by atoms with Crippen LogP contribution in [0.2, 0.25) is 0 Å². The summed E-state index contributed by atoms with van der Waals surface area (Å²) in [7, 11) is 0. The molecular weight excluding hydrogens is 424 g/mol. The van der Waals surface area contributed by atoms with Gasteiger partial charge >= 0.3 is 5.97 Å². The van der Waals surface area contributed by atoms with Crippen LogP contribution in [-0.4, -0.2) is 29.4 Å². The minimum Gasteiger partial charge on any atom is -0.458 e. The van der Waals surface area contributed by atoms with Crippen LogP contribution < -0.4 is 0 Å². The number of rotatable bonds is 4. The van der Waals surface area contributed by atoms with Crippen LogP contribution in [0.1, 0.15) is 70.8 Å². The lowest BCUT2D eigenvalue weighted by Crippen LogP contribution is -2.62. The summed E-state index contributed by atoms with van der Waals surface area (Å²) in [5.74, 6) is 1.31. The van der Waals surface area contributed by atoms with Crippen LogP contribution in [0.4, 0.5) is 0 Å². The standard InChI is InChI=1S/C30H38O4/c1-28-13-10-23(33-18-20-6-4-3-5-7-20)17-22(28)8-9-26-25(28)11-14-29(2)24(12-15-30(26,29)32)21-16-27(31)34-19-21/h3-7,12,16,22-23,25-26,32H,8-11,13-15,17-19H2,1-2H3/t22-,23-,25-,26+,28-,29+,30-/m0/s1. The maximum atomic E-state index is 12.3. The van der Waals surface area contributed by atoms with Gasteiger partial charge in [0.05, 0.1) is 18.3 Å². The highest BCUT2D eigenvalue weighted by atomic mass is 16.5. The number of hydrogen-bond donors (Lipinski definition) is 1. The molecule has 0 bridgehead atoms. The fourth-order valence-corrected chi connectivity index (χ4v) is 8.71. The van der Waals surface area contributed by atoms with Crippen molar-refractivity contribution in [2.24, 2.45) is 28.6 Å². The Kier molecular flexibility index (Phi) is 5.35. The van der Waals surface area contributed by atoms with E-state index < -0.39 is 5.60 Å². The van der Waals surface area contributed by atoms with Gasteiger partial charge < -0.3 is 14.6 Å². The smallest absolute Gasteiger partial charge is 0.331 e. The van der Waals surface area contributed by atoms with E-state index in [1.165, 1.54) is 24.0 Å². The fourth-order valence-electron chi connectivity index (χ4n) is 8.71. The van der Waals surface area contributed by atoms with E-state index in [2.05, 4.69) is 50.3 Å². The lowest BCUT2D eigenvalue weighted by Gasteiger charge is -2.63. The molecule has 3 saturated carbocycles. The van der Waals surface area contributed by atoms with Crippen LogP contribution in [-0.2, 0) is 20.9 Å². The van der Waals surface area contributed by atoms with Gasteiger partial charge in [-0.3, -0.25) is 0 Å². The Morgan fingerprint density at radius 3 is 2.65 bits per heavy atom. The number of esters is 1. The highest BCUT2D eigenvalue weighted by Gasteiger charge is 2.65. The quantitative estimate of drug-likeness (QED) is 0.579. The highest BCUT2D eigenvalue weighted by molar-refractivity contribution is 5.86. The summed E-state index contributed by atoms with van der Waals surface area (Å²) in [5, 5.41) is 12.3. The van der Waals surface area contributed by atoms with Crippen molar-refractivity contribution in [3.63, 3.8) is 0 Å². The minimum absolute atomic E-state index is 0.247. The topological polar surface area (TPSA) is 55.8 Å². The van der Waals surface area contributed by atoms with Gasteiger partial charge in [-0.2, -0.15) is 0 Å². The maximum absolute atomic E-state index is 12.3. The Hall–Kier alpha value is -1.91. The van der Waals surface area contributed by atoms with Crippen molar-refractivity contribution in [1.29, 1.82) is 0 Å². The van der Waals surface area contributed by atoms with E-state index in [1.807, 2.05) is 0 Å². The third-order valence-electron chi connectivity index (χ3n) is 10.7. The first-order valence-electron chi connectivity index (χ1n) is 13.3. The van der Waals surface area contributed by atoms with Crippen LogP contribution in [0.5, 0.6) is 0 Å². The van der Waals surface area contributed by atoms with Crippen molar-refractivity contribution in [1.82, 2.24) is 0 Å². The SMILES string of the molecule is C[C@]12CC[C@H](OCc3ccccc3)C[C@@H]1CC[C@@H]1[C@@H]2CC[C@]2(C)C(C3=CC(=O)OC3)=CC[C@]12O. The summed E-state index contributed by atoms with van der Waals surface area (Å²) in [5.41, 5.74) is 2.69. The molecule has 1 aromatic rings. The van der Waals surface area contributed by atoms with Crippen LogP contribution in [0.15, 0.2) is 53.6 Å². The Balaban J connectivity index is 1.18. The van der Waals surface area contributed by atoms with Crippen molar-refractivity contribution in [2.75, 3.05) is 6.61 Å². The first-order valence-corrected chi connectivity index (χ1v) is 13.3. The molecule has 182 valence electrons. The number of carbonyl (C=O) groups is 1. The van der Waals surface area contributed by atoms with E-state index in [1.54, 1.807) is 6.08 Å². The molecule has 0 unspecified atom stereocenters. The maximum Gasteiger partial charge on any atom is 0.331 e. The zero-order chi connectivity index (χ0) is 23.6. The third-order valence-corrected chi connectivity index (χ3v) is 10.7. The minimum atomic E-state index is -0.716. The second kappa shape index (κ2) is 8.06. The average molecular weight is 463 g/mol. The number of fused-ring (bicyclic) bond motifs is 5. The Labute approximate surface area is 203 Å². The van der Waals surface area contributed by atoms with Crippen LogP contribution in [0.25, 0.3) is 0 Å². The summed E-state index contributed by atoms with van der Waals surface area (Å²) < 4.78 is 11.6. The van der Waals surface area contributed by atoms with Gasteiger partial charge in [0.25, 0.3) is 0 Å². The molecule has 6 rings (SSSR count). The fraction of sp³-hybridized carbons (Fsp3) is 0.633. The average Bonchev–Trinajstić information content (AvgIpc) is 3.38. The monoisotopic (exact) mass is 462 g/mol. The normalized spacial score (nSPS) is 43.3. The van der Waals surface area contributed by atoms with Gasteiger partial charge in [0, 0.05) is 17.1 Å². The van der Waals surface area contributed by atoms with Crippen molar-refractivity contribution < 1.29 is 19.4 Å². The predicted octanol–water partition coefficient (Wildman–Crippen LogP) is 5.75. The number of benzene rings is 1. The number of aliphatic hydroxyl groups is 1. The lowest BCUT2D eigenvalue weighted by molar-refractivity contribution is -0.199. The van der Waals surface area contributed by atoms with Gasteiger partial charge in [-0.05, 0) is 85.7 Å². The van der Waals surface area contributed by atoms with E-state index in [0.717, 1.165) is 37.7 Å². The molecule has 3 fully saturated rings. The molecule has 1 heterocycles. The number of ether oxygens (including phenoxy) is 2. The zero-order valence-corrected chi connectivity index (χ0v) is 20.6. The zero-order valence-electron chi connectivity index (χ0n) is 20.6. The van der Waals surface area contributed by atoms with Crippen LogP contribution in [0.3, 0.4) is 0 Å². The highest BCUT2D eigenvalue weighted by Crippen LogP contribution is 2.68. The number of cyclic esters (lactones) is 1. The van der Waals surface area contributed by atoms with Crippen molar-refractivity contribution in [2.45, 2.75) is 83.5 Å². The van der Waals surface area contributed by atoms with Gasteiger partial charge in [-0.15, -0.1) is 0 Å². The summed E-state index contributed by atoms with van der Waals surface area (Å²) in [6.45, 7) is 5.82. The van der Waals surface area contributed by atoms with Gasteiger partial charge in [0.1, 0.15) is 6.61 Å². The molecule has 0 saturated heterocycles. The molecule has 4 aliphatic carbocycles. The van der Waals surface area contributed by atoms with Crippen LogP contribution in [0, 0.1) is 28.6 Å².